The van der Waals surface area contributed by atoms with Gasteiger partial charge in [0.05, 0.1) is 6.61 Å². The molecule has 13 heavy (non-hydrogen) atoms. The Bertz CT molecular complexity index is 286. The summed E-state index contributed by atoms with van der Waals surface area (Å²) in [4.78, 5) is 0. The number of benzene rings is 1. The van der Waals surface area contributed by atoms with Crippen molar-refractivity contribution in [2.75, 3.05) is 7.11 Å². The Morgan fingerprint density at radius 3 is 2.77 bits per heavy atom. The molecule has 0 saturated heterocycles. The Morgan fingerprint density at radius 2 is 2.23 bits per heavy atom. The number of hydrogen-bond acceptors (Lipinski definition) is 2. The van der Waals surface area contributed by atoms with Gasteiger partial charge in [-0.05, 0) is 30.2 Å². The van der Waals surface area contributed by atoms with Crippen LogP contribution in [0.15, 0.2) is 18.2 Å². The smallest absolute Gasteiger partial charge is 0.0716 e. The van der Waals surface area contributed by atoms with E-state index in [4.69, 9.17) is 22.1 Å². The van der Waals surface area contributed by atoms with Crippen molar-refractivity contribution >= 4 is 11.6 Å². The number of ether oxygens (including phenoxy) is 1. The maximum Gasteiger partial charge on any atom is 0.0716 e. The fourth-order valence-corrected chi connectivity index (χ4v) is 1.49. The summed E-state index contributed by atoms with van der Waals surface area (Å²) >= 11 is 5.86. The van der Waals surface area contributed by atoms with Gasteiger partial charge in [0, 0.05) is 18.2 Å². The molecular weight excluding hydrogens is 186 g/mol. The molecule has 2 N–H and O–H groups in total. The first-order chi connectivity index (χ1) is 6.15. The van der Waals surface area contributed by atoms with Crippen molar-refractivity contribution in [2.45, 2.75) is 19.6 Å². The summed E-state index contributed by atoms with van der Waals surface area (Å²) in [5.74, 6) is 0. The summed E-state index contributed by atoms with van der Waals surface area (Å²) in [6.45, 7) is 2.50. The van der Waals surface area contributed by atoms with Crippen molar-refractivity contribution in [3.8, 4) is 0 Å². The van der Waals surface area contributed by atoms with Gasteiger partial charge in [0.1, 0.15) is 0 Å². The molecule has 1 aromatic carbocycles. The largest absolute Gasteiger partial charge is 0.380 e. The van der Waals surface area contributed by atoms with E-state index in [0.717, 1.165) is 16.1 Å². The Kier molecular flexibility index (Phi) is 3.72. The highest BCUT2D eigenvalue weighted by Crippen LogP contribution is 2.21. The molecule has 0 amide bonds. The molecule has 3 heteroatoms. The van der Waals surface area contributed by atoms with Crippen LogP contribution >= 0.6 is 11.6 Å². The van der Waals surface area contributed by atoms with Crippen LogP contribution in [-0.2, 0) is 11.3 Å². The lowest BCUT2D eigenvalue weighted by Crippen LogP contribution is -2.08. The summed E-state index contributed by atoms with van der Waals surface area (Å²) in [5.41, 5.74) is 7.95. The van der Waals surface area contributed by atoms with E-state index in [9.17, 15) is 0 Å². The van der Waals surface area contributed by atoms with E-state index in [2.05, 4.69) is 0 Å². The first kappa shape index (κ1) is 10.5. The maximum atomic E-state index is 5.86. The second-order valence-corrected chi connectivity index (χ2v) is 3.50. The van der Waals surface area contributed by atoms with Crippen molar-refractivity contribution in [1.82, 2.24) is 0 Å². The van der Waals surface area contributed by atoms with Crippen LogP contribution in [0.5, 0.6) is 0 Å². The van der Waals surface area contributed by atoms with Crippen LogP contribution in [0.2, 0.25) is 5.02 Å². The average Bonchev–Trinajstić information content (AvgIpc) is 2.04. The lowest BCUT2D eigenvalue weighted by Gasteiger charge is -2.12. The molecule has 0 bridgehead atoms. The maximum absolute atomic E-state index is 5.86. The fraction of sp³-hybridized carbons (Fsp3) is 0.400. The van der Waals surface area contributed by atoms with Crippen LogP contribution < -0.4 is 5.73 Å². The van der Waals surface area contributed by atoms with E-state index in [0.29, 0.717) is 6.61 Å². The first-order valence-corrected chi connectivity index (χ1v) is 4.55. The van der Waals surface area contributed by atoms with Gasteiger partial charge >= 0.3 is 0 Å². The molecule has 0 aliphatic carbocycles. The molecule has 72 valence electrons. The minimum Gasteiger partial charge on any atom is -0.380 e. The van der Waals surface area contributed by atoms with E-state index >= 15 is 0 Å². The Labute approximate surface area is 83.6 Å². The van der Waals surface area contributed by atoms with E-state index < -0.39 is 0 Å². The minimum atomic E-state index is 0.0161. The Balaban J connectivity index is 3.03. The zero-order chi connectivity index (χ0) is 9.84. The molecular formula is C10H14ClNO. The van der Waals surface area contributed by atoms with Crippen molar-refractivity contribution in [3.05, 3.63) is 34.3 Å². The molecule has 0 heterocycles. The number of rotatable bonds is 3. The van der Waals surface area contributed by atoms with Gasteiger partial charge in [-0.15, -0.1) is 0 Å². The highest BCUT2D eigenvalue weighted by molar-refractivity contribution is 6.30. The van der Waals surface area contributed by atoms with E-state index in [1.807, 2.05) is 25.1 Å². The van der Waals surface area contributed by atoms with Gasteiger partial charge in [-0.1, -0.05) is 17.7 Å². The number of methoxy groups -OCH3 is 1. The van der Waals surface area contributed by atoms with Crippen LogP contribution in [0, 0.1) is 0 Å². The molecule has 1 unspecified atom stereocenters. The molecule has 0 fully saturated rings. The summed E-state index contributed by atoms with van der Waals surface area (Å²) < 4.78 is 5.06. The van der Waals surface area contributed by atoms with Gasteiger partial charge < -0.3 is 10.5 Å². The van der Waals surface area contributed by atoms with Gasteiger partial charge in [-0.25, -0.2) is 0 Å². The molecule has 0 saturated carbocycles. The SMILES string of the molecule is COCc1cc(Cl)ccc1C(C)N. The molecule has 0 spiro atoms. The van der Waals surface area contributed by atoms with E-state index in [-0.39, 0.29) is 6.04 Å². The van der Waals surface area contributed by atoms with E-state index in [1.54, 1.807) is 7.11 Å². The lowest BCUT2D eigenvalue weighted by atomic mass is 10.0. The quantitative estimate of drug-likeness (QED) is 0.812. The van der Waals surface area contributed by atoms with Gasteiger partial charge in [-0.3, -0.25) is 0 Å². The number of hydrogen-bond donors (Lipinski definition) is 1. The molecule has 1 aromatic rings. The third kappa shape index (κ3) is 2.69. The Hall–Kier alpha value is -0.570. The van der Waals surface area contributed by atoms with Crippen LogP contribution in [0.1, 0.15) is 24.1 Å². The second-order valence-electron chi connectivity index (χ2n) is 3.06. The fourth-order valence-electron chi connectivity index (χ4n) is 1.30. The van der Waals surface area contributed by atoms with Gasteiger partial charge in [0.2, 0.25) is 0 Å². The van der Waals surface area contributed by atoms with Crippen LogP contribution in [-0.4, -0.2) is 7.11 Å². The lowest BCUT2D eigenvalue weighted by molar-refractivity contribution is 0.184. The summed E-state index contributed by atoms with van der Waals surface area (Å²) in [6, 6.07) is 5.70. The van der Waals surface area contributed by atoms with Crippen LogP contribution in [0.3, 0.4) is 0 Å². The average molecular weight is 200 g/mol. The monoisotopic (exact) mass is 199 g/mol. The Morgan fingerprint density at radius 1 is 1.54 bits per heavy atom. The van der Waals surface area contributed by atoms with Crippen LogP contribution in [0.25, 0.3) is 0 Å². The summed E-state index contributed by atoms with van der Waals surface area (Å²) in [7, 11) is 1.66. The molecule has 0 radical (unpaired) electrons. The summed E-state index contributed by atoms with van der Waals surface area (Å²) in [5, 5.41) is 0.719. The van der Waals surface area contributed by atoms with E-state index in [1.165, 1.54) is 0 Å². The van der Waals surface area contributed by atoms with Crippen molar-refractivity contribution in [1.29, 1.82) is 0 Å². The highest BCUT2D eigenvalue weighted by atomic mass is 35.5. The predicted octanol–water partition coefficient (Wildman–Crippen LogP) is 2.51. The third-order valence-electron chi connectivity index (χ3n) is 1.90. The zero-order valence-corrected chi connectivity index (χ0v) is 8.64. The van der Waals surface area contributed by atoms with Crippen molar-refractivity contribution in [2.24, 2.45) is 5.73 Å². The third-order valence-corrected chi connectivity index (χ3v) is 2.13. The molecule has 1 rings (SSSR count). The first-order valence-electron chi connectivity index (χ1n) is 4.18. The number of nitrogens with two attached hydrogens (primary N) is 1. The van der Waals surface area contributed by atoms with Gasteiger partial charge in [0.25, 0.3) is 0 Å². The number of halogens is 1. The molecule has 1 atom stereocenters. The van der Waals surface area contributed by atoms with Gasteiger partial charge in [0.15, 0.2) is 0 Å². The minimum absolute atomic E-state index is 0.0161. The standard InChI is InChI=1S/C10H14ClNO/c1-7(12)10-4-3-9(11)5-8(10)6-13-2/h3-5,7H,6,12H2,1-2H3. The summed E-state index contributed by atoms with van der Waals surface area (Å²) in [6.07, 6.45) is 0. The van der Waals surface area contributed by atoms with Crippen molar-refractivity contribution in [3.63, 3.8) is 0 Å². The molecule has 0 aromatic heterocycles. The zero-order valence-electron chi connectivity index (χ0n) is 7.88. The molecule has 0 aliphatic heterocycles. The normalized spacial score (nSPS) is 12.9. The second kappa shape index (κ2) is 4.61. The van der Waals surface area contributed by atoms with Crippen LogP contribution in [0.4, 0.5) is 0 Å². The molecule has 2 nitrogen and oxygen atoms in total. The van der Waals surface area contributed by atoms with Crippen molar-refractivity contribution < 1.29 is 4.74 Å². The predicted molar refractivity (Wildman–Crippen MR) is 54.8 cm³/mol. The van der Waals surface area contributed by atoms with Gasteiger partial charge in [-0.2, -0.15) is 0 Å². The molecule has 0 aliphatic rings. The highest BCUT2D eigenvalue weighted by Gasteiger charge is 2.06. The topological polar surface area (TPSA) is 35.2 Å².